The minimum Gasteiger partial charge on any atom is -0.461 e. The second kappa shape index (κ2) is 6.55. The van der Waals surface area contributed by atoms with Gasteiger partial charge in [0.05, 0.1) is 0 Å². The van der Waals surface area contributed by atoms with E-state index >= 15 is 0 Å². The first-order valence-corrected chi connectivity index (χ1v) is 6.75. The number of rotatable bonds is 5. The summed E-state index contributed by atoms with van der Waals surface area (Å²) < 4.78 is 5.40. The Morgan fingerprint density at radius 2 is 1.94 bits per heavy atom. The summed E-state index contributed by atoms with van der Waals surface area (Å²) in [4.78, 5) is 11.8. The van der Waals surface area contributed by atoms with Gasteiger partial charge in [-0.05, 0) is 44.1 Å². The number of aryl methyl sites for hydroxylation is 1. The van der Waals surface area contributed by atoms with Crippen molar-refractivity contribution >= 4 is 5.97 Å². The summed E-state index contributed by atoms with van der Waals surface area (Å²) in [5.74, 6) is -0.238. The zero-order valence-corrected chi connectivity index (χ0v) is 10.7. The first kappa shape index (κ1) is 13.1. The summed E-state index contributed by atoms with van der Waals surface area (Å²) >= 11 is 0. The highest BCUT2D eigenvalue weighted by Gasteiger charge is 2.22. The molecule has 0 amide bonds. The molecule has 1 aromatic carbocycles. The lowest BCUT2D eigenvalue weighted by molar-refractivity contribution is -0.150. The highest BCUT2D eigenvalue weighted by molar-refractivity contribution is 5.75. The smallest absolute Gasteiger partial charge is 0.323 e. The summed E-state index contributed by atoms with van der Waals surface area (Å²) in [5, 5.41) is 0. The van der Waals surface area contributed by atoms with E-state index in [1.54, 1.807) is 0 Å². The molecule has 1 aliphatic rings. The van der Waals surface area contributed by atoms with Crippen LogP contribution in [0.5, 0.6) is 0 Å². The minimum atomic E-state index is -0.495. The molecule has 0 radical (unpaired) electrons. The van der Waals surface area contributed by atoms with Crippen molar-refractivity contribution in [3.8, 4) is 0 Å². The largest absolute Gasteiger partial charge is 0.461 e. The fourth-order valence-corrected chi connectivity index (χ4v) is 2.34. The van der Waals surface area contributed by atoms with E-state index in [1.807, 2.05) is 18.2 Å². The van der Waals surface area contributed by atoms with E-state index in [4.69, 9.17) is 10.5 Å². The van der Waals surface area contributed by atoms with Gasteiger partial charge in [-0.25, -0.2) is 0 Å². The molecular formula is C15H21NO2. The van der Waals surface area contributed by atoms with Gasteiger partial charge in [-0.1, -0.05) is 30.3 Å². The van der Waals surface area contributed by atoms with E-state index in [2.05, 4.69) is 12.1 Å². The lowest BCUT2D eigenvalue weighted by Gasteiger charge is -2.15. The Morgan fingerprint density at radius 1 is 1.28 bits per heavy atom. The van der Waals surface area contributed by atoms with Crippen molar-refractivity contribution in [1.29, 1.82) is 0 Å². The van der Waals surface area contributed by atoms with Crippen molar-refractivity contribution in [2.24, 2.45) is 5.73 Å². The van der Waals surface area contributed by atoms with E-state index in [-0.39, 0.29) is 12.1 Å². The second-order valence-electron chi connectivity index (χ2n) is 4.97. The summed E-state index contributed by atoms with van der Waals surface area (Å²) in [5.41, 5.74) is 7.08. The topological polar surface area (TPSA) is 52.3 Å². The molecule has 1 atom stereocenters. The van der Waals surface area contributed by atoms with Crippen molar-refractivity contribution < 1.29 is 9.53 Å². The number of carbonyl (C=O) groups is 1. The van der Waals surface area contributed by atoms with Crippen LogP contribution in [0.4, 0.5) is 0 Å². The van der Waals surface area contributed by atoms with E-state index < -0.39 is 6.04 Å². The molecule has 2 N–H and O–H groups in total. The SMILES string of the molecule is N[C@@H](CCc1ccccc1)C(=O)OC1CCCC1. The average Bonchev–Trinajstić information content (AvgIpc) is 2.90. The van der Waals surface area contributed by atoms with Crippen LogP contribution in [-0.2, 0) is 16.0 Å². The molecular weight excluding hydrogens is 226 g/mol. The van der Waals surface area contributed by atoms with Crippen LogP contribution < -0.4 is 5.73 Å². The number of esters is 1. The molecule has 2 rings (SSSR count). The number of nitrogens with two attached hydrogens (primary N) is 1. The molecule has 1 fully saturated rings. The van der Waals surface area contributed by atoms with Crippen LogP contribution in [0.3, 0.4) is 0 Å². The molecule has 1 saturated carbocycles. The summed E-state index contributed by atoms with van der Waals surface area (Å²) in [6.45, 7) is 0. The number of benzene rings is 1. The molecule has 98 valence electrons. The average molecular weight is 247 g/mol. The van der Waals surface area contributed by atoms with Crippen molar-refractivity contribution in [3.05, 3.63) is 35.9 Å². The number of hydrogen-bond donors (Lipinski definition) is 1. The van der Waals surface area contributed by atoms with E-state index in [1.165, 1.54) is 5.56 Å². The van der Waals surface area contributed by atoms with Crippen LogP contribution in [-0.4, -0.2) is 18.1 Å². The molecule has 0 aromatic heterocycles. The maximum Gasteiger partial charge on any atom is 0.323 e. The Hall–Kier alpha value is -1.35. The predicted molar refractivity (Wildman–Crippen MR) is 71.1 cm³/mol. The van der Waals surface area contributed by atoms with Crippen LogP contribution in [0, 0.1) is 0 Å². The van der Waals surface area contributed by atoms with E-state index in [0.717, 1.165) is 32.1 Å². The van der Waals surface area contributed by atoms with E-state index in [9.17, 15) is 4.79 Å². The number of ether oxygens (including phenoxy) is 1. The molecule has 0 unspecified atom stereocenters. The monoisotopic (exact) mass is 247 g/mol. The Kier molecular flexibility index (Phi) is 4.76. The number of carbonyl (C=O) groups excluding carboxylic acids is 1. The molecule has 0 spiro atoms. The van der Waals surface area contributed by atoms with Gasteiger partial charge in [-0.3, -0.25) is 4.79 Å². The Morgan fingerprint density at radius 3 is 2.61 bits per heavy atom. The Bertz CT molecular complexity index is 371. The van der Waals surface area contributed by atoms with Crippen molar-refractivity contribution in [2.45, 2.75) is 50.7 Å². The lowest BCUT2D eigenvalue weighted by Crippen LogP contribution is -2.34. The quantitative estimate of drug-likeness (QED) is 0.813. The zero-order valence-electron chi connectivity index (χ0n) is 10.7. The van der Waals surface area contributed by atoms with Crippen molar-refractivity contribution in [2.75, 3.05) is 0 Å². The molecule has 0 saturated heterocycles. The van der Waals surface area contributed by atoms with Gasteiger partial charge in [0, 0.05) is 0 Å². The molecule has 3 heteroatoms. The van der Waals surface area contributed by atoms with Crippen LogP contribution in [0.25, 0.3) is 0 Å². The first-order valence-electron chi connectivity index (χ1n) is 6.75. The molecule has 0 aliphatic heterocycles. The van der Waals surface area contributed by atoms with Gasteiger partial charge >= 0.3 is 5.97 Å². The lowest BCUT2D eigenvalue weighted by atomic mass is 10.1. The van der Waals surface area contributed by atoms with Gasteiger partial charge in [-0.15, -0.1) is 0 Å². The highest BCUT2D eigenvalue weighted by atomic mass is 16.5. The van der Waals surface area contributed by atoms with Gasteiger partial charge in [0.15, 0.2) is 0 Å². The number of hydrogen-bond acceptors (Lipinski definition) is 3. The minimum absolute atomic E-state index is 0.111. The van der Waals surface area contributed by atoms with Gasteiger partial charge < -0.3 is 10.5 Å². The zero-order chi connectivity index (χ0) is 12.8. The maximum atomic E-state index is 11.8. The van der Waals surface area contributed by atoms with Gasteiger partial charge in [-0.2, -0.15) is 0 Å². The van der Waals surface area contributed by atoms with Gasteiger partial charge in [0.25, 0.3) is 0 Å². The fourth-order valence-electron chi connectivity index (χ4n) is 2.34. The molecule has 18 heavy (non-hydrogen) atoms. The third-order valence-electron chi connectivity index (χ3n) is 3.47. The molecule has 1 aliphatic carbocycles. The molecule has 0 bridgehead atoms. The molecule has 3 nitrogen and oxygen atoms in total. The molecule has 1 aromatic rings. The standard InChI is InChI=1S/C15H21NO2/c16-14(11-10-12-6-2-1-3-7-12)15(17)18-13-8-4-5-9-13/h1-3,6-7,13-14H,4-5,8-11,16H2/t14-/m0/s1. The van der Waals surface area contributed by atoms with Gasteiger partial charge in [0.2, 0.25) is 0 Å². The third-order valence-corrected chi connectivity index (χ3v) is 3.47. The fraction of sp³-hybridized carbons (Fsp3) is 0.533. The first-order chi connectivity index (χ1) is 8.75. The summed E-state index contributed by atoms with van der Waals surface area (Å²) in [6.07, 6.45) is 5.90. The van der Waals surface area contributed by atoms with Crippen molar-refractivity contribution in [3.63, 3.8) is 0 Å². The maximum absolute atomic E-state index is 11.8. The predicted octanol–water partition coefficient (Wildman–Crippen LogP) is 2.43. The molecule has 0 heterocycles. The van der Waals surface area contributed by atoms with Crippen LogP contribution in [0.1, 0.15) is 37.7 Å². The second-order valence-corrected chi connectivity index (χ2v) is 4.97. The highest BCUT2D eigenvalue weighted by Crippen LogP contribution is 2.21. The van der Waals surface area contributed by atoms with E-state index in [0.29, 0.717) is 6.42 Å². The van der Waals surface area contributed by atoms with Crippen molar-refractivity contribution in [1.82, 2.24) is 0 Å². The normalized spacial score (nSPS) is 17.6. The Balaban J connectivity index is 1.73. The van der Waals surface area contributed by atoms with Gasteiger partial charge in [0.1, 0.15) is 12.1 Å². The Labute approximate surface area is 108 Å². The van der Waals surface area contributed by atoms with Crippen LogP contribution in [0.15, 0.2) is 30.3 Å². The summed E-state index contributed by atoms with van der Waals surface area (Å²) in [6, 6.07) is 9.59. The third kappa shape index (κ3) is 3.84. The van der Waals surface area contributed by atoms with Crippen LogP contribution in [0.2, 0.25) is 0 Å². The van der Waals surface area contributed by atoms with Crippen LogP contribution >= 0.6 is 0 Å². The summed E-state index contributed by atoms with van der Waals surface area (Å²) in [7, 11) is 0.